The molecular weight excluding hydrogens is 310 g/mol. The second-order valence-corrected chi connectivity index (χ2v) is 6.37. The number of carbonyl (C=O) groups excluding carboxylic acids is 1. The van der Waals surface area contributed by atoms with Crippen LogP contribution in [0.25, 0.3) is 10.8 Å². The standard InChI is InChI=1S/C21H21N3O/c25-21(16-18-8-5-7-17-6-1-2-9-19(17)18)24-14-12-23(13-15-24)20-10-3-4-11-22-20/h1-11H,12-16H2. The van der Waals surface area contributed by atoms with Gasteiger partial charge < -0.3 is 9.80 Å². The predicted octanol–water partition coefficient (Wildman–Crippen LogP) is 3.13. The molecule has 0 unspecified atom stereocenters. The van der Waals surface area contributed by atoms with Crippen LogP contribution < -0.4 is 4.90 Å². The van der Waals surface area contributed by atoms with Gasteiger partial charge in [0.15, 0.2) is 0 Å². The number of hydrogen-bond donors (Lipinski definition) is 0. The van der Waals surface area contributed by atoms with E-state index in [0.29, 0.717) is 6.42 Å². The predicted molar refractivity (Wildman–Crippen MR) is 101 cm³/mol. The van der Waals surface area contributed by atoms with Crippen LogP contribution in [0.1, 0.15) is 5.56 Å². The molecule has 0 spiro atoms. The Morgan fingerprint density at radius 2 is 1.64 bits per heavy atom. The molecule has 1 aromatic heterocycles. The van der Waals surface area contributed by atoms with Crippen LogP contribution in [-0.2, 0) is 11.2 Å². The molecule has 1 fully saturated rings. The van der Waals surface area contributed by atoms with Crippen molar-refractivity contribution in [2.75, 3.05) is 31.1 Å². The number of anilines is 1. The number of fused-ring (bicyclic) bond motifs is 1. The molecule has 3 aromatic rings. The van der Waals surface area contributed by atoms with E-state index in [4.69, 9.17) is 0 Å². The lowest BCUT2D eigenvalue weighted by atomic mass is 10.0. The summed E-state index contributed by atoms with van der Waals surface area (Å²) >= 11 is 0. The summed E-state index contributed by atoms with van der Waals surface area (Å²) < 4.78 is 0. The first-order valence-electron chi connectivity index (χ1n) is 8.72. The number of rotatable bonds is 3. The zero-order chi connectivity index (χ0) is 17.1. The molecule has 2 aromatic carbocycles. The van der Waals surface area contributed by atoms with Crippen LogP contribution in [0, 0.1) is 0 Å². The topological polar surface area (TPSA) is 36.4 Å². The second-order valence-electron chi connectivity index (χ2n) is 6.37. The number of aromatic nitrogens is 1. The molecule has 0 atom stereocenters. The Balaban J connectivity index is 1.42. The zero-order valence-electron chi connectivity index (χ0n) is 14.1. The fourth-order valence-corrected chi connectivity index (χ4v) is 3.45. The van der Waals surface area contributed by atoms with Gasteiger partial charge in [0.05, 0.1) is 6.42 Å². The molecule has 1 aliphatic rings. The third-order valence-electron chi connectivity index (χ3n) is 4.83. The Hall–Kier alpha value is -2.88. The van der Waals surface area contributed by atoms with Gasteiger partial charge >= 0.3 is 0 Å². The minimum Gasteiger partial charge on any atom is -0.353 e. The molecule has 4 rings (SSSR count). The van der Waals surface area contributed by atoms with Crippen molar-refractivity contribution in [3.8, 4) is 0 Å². The van der Waals surface area contributed by atoms with Crippen LogP contribution in [-0.4, -0.2) is 42.0 Å². The molecule has 1 saturated heterocycles. The first kappa shape index (κ1) is 15.6. The number of nitrogens with zero attached hydrogens (tertiary/aromatic N) is 3. The van der Waals surface area contributed by atoms with Gasteiger partial charge in [0, 0.05) is 32.4 Å². The highest BCUT2D eigenvalue weighted by atomic mass is 16.2. The van der Waals surface area contributed by atoms with Crippen molar-refractivity contribution in [3.63, 3.8) is 0 Å². The van der Waals surface area contributed by atoms with Crippen molar-refractivity contribution in [1.29, 1.82) is 0 Å². The third-order valence-corrected chi connectivity index (χ3v) is 4.83. The Bertz CT molecular complexity index is 865. The minimum atomic E-state index is 0.206. The summed E-state index contributed by atoms with van der Waals surface area (Å²) in [6, 6.07) is 20.4. The summed E-state index contributed by atoms with van der Waals surface area (Å²) in [5.74, 6) is 1.20. The smallest absolute Gasteiger partial charge is 0.227 e. The number of pyridine rings is 1. The second kappa shape index (κ2) is 6.93. The van der Waals surface area contributed by atoms with Crippen molar-refractivity contribution >= 4 is 22.5 Å². The molecule has 0 bridgehead atoms. The first-order chi connectivity index (χ1) is 12.3. The molecule has 0 N–H and O–H groups in total. The lowest BCUT2D eigenvalue weighted by molar-refractivity contribution is -0.130. The Morgan fingerprint density at radius 3 is 2.44 bits per heavy atom. The van der Waals surface area contributed by atoms with Gasteiger partial charge in [-0.05, 0) is 28.5 Å². The molecule has 1 amide bonds. The van der Waals surface area contributed by atoms with Gasteiger partial charge in [-0.25, -0.2) is 4.98 Å². The van der Waals surface area contributed by atoms with Crippen LogP contribution >= 0.6 is 0 Å². The highest BCUT2D eigenvalue weighted by Gasteiger charge is 2.22. The van der Waals surface area contributed by atoms with Gasteiger partial charge in [-0.3, -0.25) is 4.79 Å². The van der Waals surface area contributed by atoms with Crippen molar-refractivity contribution < 1.29 is 4.79 Å². The van der Waals surface area contributed by atoms with E-state index in [-0.39, 0.29) is 5.91 Å². The molecule has 4 nitrogen and oxygen atoms in total. The lowest BCUT2D eigenvalue weighted by Gasteiger charge is -2.35. The Morgan fingerprint density at radius 1 is 0.880 bits per heavy atom. The maximum atomic E-state index is 12.7. The number of hydrogen-bond acceptors (Lipinski definition) is 3. The maximum Gasteiger partial charge on any atom is 0.227 e. The molecule has 2 heterocycles. The molecule has 1 aliphatic heterocycles. The summed E-state index contributed by atoms with van der Waals surface area (Å²) in [7, 11) is 0. The fraction of sp³-hybridized carbons (Fsp3) is 0.238. The van der Waals surface area contributed by atoms with E-state index in [1.54, 1.807) is 0 Å². The van der Waals surface area contributed by atoms with Crippen LogP contribution in [0.3, 0.4) is 0 Å². The van der Waals surface area contributed by atoms with E-state index in [1.165, 1.54) is 10.8 Å². The molecule has 0 radical (unpaired) electrons. The highest BCUT2D eigenvalue weighted by Crippen LogP contribution is 2.20. The van der Waals surface area contributed by atoms with Gasteiger partial charge in [0.25, 0.3) is 0 Å². The van der Waals surface area contributed by atoms with Gasteiger partial charge in [-0.2, -0.15) is 0 Å². The quantitative estimate of drug-likeness (QED) is 0.740. The minimum absolute atomic E-state index is 0.206. The average Bonchev–Trinajstić information content (AvgIpc) is 2.69. The van der Waals surface area contributed by atoms with Gasteiger partial charge in [-0.15, -0.1) is 0 Å². The SMILES string of the molecule is O=C(Cc1cccc2ccccc12)N1CCN(c2ccccn2)CC1. The van der Waals surface area contributed by atoms with E-state index in [1.807, 2.05) is 47.5 Å². The fourth-order valence-electron chi connectivity index (χ4n) is 3.45. The van der Waals surface area contributed by atoms with E-state index >= 15 is 0 Å². The third kappa shape index (κ3) is 3.33. The van der Waals surface area contributed by atoms with E-state index in [0.717, 1.165) is 37.6 Å². The molecular formula is C21H21N3O. The summed E-state index contributed by atoms with van der Waals surface area (Å²) in [5, 5.41) is 2.36. The molecule has 0 saturated carbocycles. The monoisotopic (exact) mass is 331 g/mol. The van der Waals surface area contributed by atoms with Crippen LogP contribution in [0.2, 0.25) is 0 Å². The molecule has 0 aliphatic carbocycles. The lowest BCUT2D eigenvalue weighted by Crippen LogP contribution is -2.49. The largest absolute Gasteiger partial charge is 0.353 e. The van der Waals surface area contributed by atoms with Crippen molar-refractivity contribution in [2.45, 2.75) is 6.42 Å². The van der Waals surface area contributed by atoms with Crippen LogP contribution in [0.15, 0.2) is 66.9 Å². The van der Waals surface area contributed by atoms with E-state index in [9.17, 15) is 4.79 Å². The number of piperazine rings is 1. The maximum absolute atomic E-state index is 12.7. The van der Waals surface area contributed by atoms with Crippen LogP contribution in [0.5, 0.6) is 0 Å². The Kier molecular flexibility index (Phi) is 4.34. The van der Waals surface area contributed by atoms with Gasteiger partial charge in [0.1, 0.15) is 5.82 Å². The van der Waals surface area contributed by atoms with Crippen molar-refractivity contribution in [2.24, 2.45) is 0 Å². The summed E-state index contributed by atoms with van der Waals surface area (Å²) in [5.41, 5.74) is 1.11. The average molecular weight is 331 g/mol. The summed E-state index contributed by atoms with van der Waals surface area (Å²) in [4.78, 5) is 21.4. The summed E-state index contributed by atoms with van der Waals surface area (Å²) in [6.07, 6.45) is 2.28. The summed E-state index contributed by atoms with van der Waals surface area (Å²) in [6.45, 7) is 3.16. The first-order valence-corrected chi connectivity index (χ1v) is 8.72. The number of benzene rings is 2. The normalized spacial score (nSPS) is 14.7. The number of amides is 1. The van der Waals surface area contributed by atoms with Crippen LogP contribution in [0.4, 0.5) is 5.82 Å². The van der Waals surface area contributed by atoms with E-state index in [2.05, 4.69) is 34.1 Å². The molecule has 126 valence electrons. The molecule has 25 heavy (non-hydrogen) atoms. The van der Waals surface area contributed by atoms with Crippen molar-refractivity contribution in [1.82, 2.24) is 9.88 Å². The highest BCUT2D eigenvalue weighted by molar-refractivity contribution is 5.90. The number of carbonyl (C=O) groups is 1. The van der Waals surface area contributed by atoms with E-state index < -0.39 is 0 Å². The van der Waals surface area contributed by atoms with Gasteiger partial charge in [-0.1, -0.05) is 48.5 Å². The van der Waals surface area contributed by atoms with Gasteiger partial charge in [0.2, 0.25) is 5.91 Å². The van der Waals surface area contributed by atoms with Crippen molar-refractivity contribution in [3.05, 3.63) is 72.4 Å². The zero-order valence-corrected chi connectivity index (χ0v) is 14.1. The Labute approximate surface area is 147 Å². The molecule has 4 heteroatoms.